The molecule has 2 aromatic rings. The molecule has 2 rings (SSSR count). The molecule has 0 aromatic heterocycles. The fourth-order valence-electron chi connectivity index (χ4n) is 1.73. The fraction of sp³-hybridized carbons (Fsp3) is 0.0667. The van der Waals surface area contributed by atoms with Crippen LogP contribution in [0.2, 0.25) is 0 Å². The second kappa shape index (κ2) is 9.54. The van der Waals surface area contributed by atoms with Gasteiger partial charge in [-0.3, -0.25) is 4.79 Å². The first-order valence-electron chi connectivity index (χ1n) is 6.70. The second-order valence-corrected chi connectivity index (χ2v) is 9.01. The third kappa shape index (κ3) is 5.44. The largest absolute Gasteiger partial charge is 0.506 e. The maximum atomic E-state index is 11.9. The van der Waals surface area contributed by atoms with Gasteiger partial charge in [0.15, 0.2) is 6.61 Å². The van der Waals surface area contributed by atoms with E-state index in [0.29, 0.717) is 24.7 Å². The van der Waals surface area contributed by atoms with Crippen LogP contribution in [0.25, 0.3) is 0 Å². The average Bonchev–Trinajstić information content (AvgIpc) is 2.56. The lowest BCUT2D eigenvalue weighted by atomic mass is 10.2. The van der Waals surface area contributed by atoms with Crippen LogP contribution in [-0.4, -0.2) is 28.9 Å². The molecule has 2 aromatic carbocycles. The van der Waals surface area contributed by atoms with Gasteiger partial charge in [-0.2, -0.15) is 5.10 Å². The highest BCUT2D eigenvalue weighted by Crippen LogP contribution is 2.40. The maximum Gasteiger partial charge on any atom is 0.277 e. The van der Waals surface area contributed by atoms with Crippen molar-refractivity contribution in [2.24, 2.45) is 5.10 Å². The van der Waals surface area contributed by atoms with Crippen LogP contribution in [0.15, 0.2) is 45.7 Å². The highest BCUT2D eigenvalue weighted by molar-refractivity contribution is 9.12. The van der Waals surface area contributed by atoms with Gasteiger partial charge in [-0.1, -0.05) is 15.9 Å². The number of phenolic OH excluding ortho intramolecular Hbond substituents is 2. The summed E-state index contributed by atoms with van der Waals surface area (Å²) in [5, 5.41) is 23.4. The summed E-state index contributed by atoms with van der Waals surface area (Å²) in [6, 6.07) is 5.04. The summed E-state index contributed by atoms with van der Waals surface area (Å²) in [7, 11) is 0. The molecule has 0 saturated carbocycles. The van der Waals surface area contributed by atoms with E-state index < -0.39 is 5.91 Å². The van der Waals surface area contributed by atoms with E-state index in [0.717, 1.165) is 4.47 Å². The van der Waals surface area contributed by atoms with Crippen LogP contribution in [0.3, 0.4) is 0 Å². The summed E-state index contributed by atoms with van der Waals surface area (Å²) < 4.78 is 8.16. The number of hydrogen-bond donors (Lipinski definition) is 3. The molecule has 0 heterocycles. The number of benzene rings is 2. The van der Waals surface area contributed by atoms with E-state index in [1.54, 1.807) is 12.1 Å². The maximum absolute atomic E-state index is 11.9. The van der Waals surface area contributed by atoms with Crippen LogP contribution in [-0.2, 0) is 4.79 Å². The molecule has 26 heavy (non-hydrogen) atoms. The molecular formula is C15H9Br5N2O4. The normalized spacial score (nSPS) is 11.0. The van der Waals surface area contributed by atoms with Crippen LogP contribution >= 0.6 is 79.6 Å². The Hall–Kier alpha value is -0.620. The smallest absolute Gasteiger partial charge is 0.277 e. The van der Waals surface area contributed by atoms with Crippen molar-refractivity contribution in [1.82, 2.24) is 5.43 Å². The average molecular weight is 681 g/mol. The van der Waals surface area contributed by atoms with Crippen molar-refractivity contribution in [2.45, 2.75) is 0 Å². The van der Waals surface area contributed by atoms with Gasteiger partial charge in [0.25, 0.3) is 5.91 Å². The molecule has 3 N–H and O–H groups in total. The number of halogens is 5. The molecule has 0 radical (unpaired) electrons. The van der Waals surface area contributed by atoms with E-state index in [4.69, 9.17) is 4.74 Å². The quantitative estimate of drug-likeness (QED) is 0.290. The van der Waals surface area contributed by atoms with Crippen molar-refractivity contribution < 1.29 is 19.7 Å². The van der Waals surface area contributed by atoms with E-state index in [9.17, 15) is 15.0 Å². The van der Waals surface area contributed by atoms with Gasteiger partial charge in [-0.15, -0.1) is 0 Å². The summed E-state index contributed by atoms with van der Waals surface area (Å²) in [6.07, 6.45) is 1.24. The third-order valence-corrected chi connectivity index (χ3v) is 5.89. The number of carbonyl (C=O) groups excluding carboxylic acids is 1. The molecule has 0 aliphatic carbocycles. The number of nitrogens with one attached hydrogen (secondary N) is 1. The Bertz CT molecular complexity index is 866. The van der Waals surface area contributed by atoms with Gasteiger partial charge in [-0.25, -0.2) is 5.43 Å². The molecule has 138 valence electrons. The minimum absolute atomic E-state index is 0.118. The summed E-state index contributed by atoms with van der Waals surface area (Å²) >= 11 is 16.3. The number of hydrazone groups is 1. The van der Waals surface area contributed by atoms with Gasteiger partial charge >= 0.3 is 0 Å². The predicted molar refractivity (Wildman–Crippen MR) is 116 cm³/mol. The summed E-state index contributed by atoms with van der Waals surface area (Å²) in [5.74, 6) is -0.346. The van der Waals surface area contributed by atoms with Crippen LogP contribution < -0.4 is 10.2 Å². The van der Waals surface area contributed by atoms with Crippen LogP contribution in [0, 0.1) is 0 Å². The van der Waals surface area contributed by atoms with Gasteiger partial charge in [0.05, 0.1) is 19.6 Å². The molecule has 0 aliphatic rings. The van der Waals surface area contributed by atoms with Crippen molar-refractivity contribution in [3.05, 3.63) is 46.1 Å². The molecule has 0 fully saturated rings. The second-order valence-electron chi connectivity index (χ2n) is 4.74. The summed E-state index contributed by atoms with van der Waals surface area (Å²) in [5.41, 5.74) is 2.59. The number of aromatic hydroxyl groups is 2. The zero-order chi connectivity index (χ0) is 19.4. The number of nitrogens with zero attached hydrogens (tertiary/aromatic N) is 1. The topological polar surface area (TPSA) is 91.2 Å². The molecule has 0 atom stereocenters. The lowest BCUT2D eigenvalue weighted by molar-refractivity contribution is -0.123. The summed E-state index contributed by atoms with van der Waals surface area (Å²) in [4.78, 5) is 11.9. The standard InChI is InChI=1S/C15H9Br5N2O4/c16-7-2-9(18)15(10(19)3-7)26-5-11(23)22-21-4-6-1-8(17)14(25)12(20)13(6)24/h1-4,24-25H,5H2,(H,22,23)/b21-4+. The molecule has 6 nitrogen and oxygen atoms in total. The van der Waals surface area contributed by atoms with Crippen molar-refractivity contribution in [3.8, 4) is 17.2 Å². The Morgan fingerprint density at radius 3 is 2.27 bits per heavy atom. The molecule has 0 bridgehead atoms. The number of ether oxygens (including phenoxy) is 1. The van der Waals surface area contributed by atoms with Crippen molar-refractivity contribution in [2.75, 3.05) is 6.61 Å². The molecule has 11 heteroatoms. The molecule has 0 saturated heterocycles. The molecule has 0 unspecified atom stereocenters. The number of phenols is 2. The molecule has 1 amide bonds. The van der Waals surface area contributed by atoms with Crippen molar-refractivity contribution in [3.63, 3.8) is 0 Å². The van der Waals surface area contributed by atoms with Crippen molar-refractivity contribution >= 4 is 91.8 Å². The van der Waals surface area contributed by atoms with E-state index in [2.05, 4.69) is 90.2 Å². The number of carbonyl (C=O) groups is 1. The first kappa shape index (κ1) is 21.7. The van der Waals surface area contributed by atoms with E-state index in [-0.39, 0.29) is 22.6 Å². The van der Waals surface area contributed by atoms with E-state index in [1.807, 2.05) is 0 Å². The lowest BCUT2D eigenvalue weighted by Gasteiger charge is -2.10. The highest BCUT2D eigenvalue weighted by Gasteiger charge is 2.13. The fourth-order valence-corrected chi connectivity index (χ4v) is 5.37. The van der Waals surface area contributed by atoms with E-state index in [1.165, 1.54) is 12.3 Å². The minimum atomic E-state index is -0.487. The van der Waals surface area contributed by atoms with Crippen LogP contribution in [0.4, 0.5) is 0 Å². The Kier molecular flexibility index (Phi) is 7.95. The predicted octanol–water partition coefficient (Wildman–Crippen LogP) is 5.44. The SMILES string of the molecule is O=C(COc1c(Br)cc(Br)cc1Br)N/N=C/c1cc(Br)c(O)c(Br)c1O. The number of amides is 1. The Labute approximate surface area is 190 Å². The van der Waals surface area contributed by atoms with Crippen molar-refractivity contribution in [1.29, 1.82) is 0 Å². The Morgan fingerprint density at radius 1 is 1.04 bits per heavy atom. The Balaban J connectivity index is 1.99. The van der Waals surface area contributed by atoms with Gasteiger partial charge < -0.3 is 14.9 Å². The molecule has 0 spiro atoms. The summed E-state index contributed by atoms with van der Waals surface area (Å²) in [6.45, 7) is -0.259. The number of hydrogen-bond acceptors (Lipinski definition) is 5. The molecular weight excluding hydrogens is 672 g/mol. The zero-order valence-corrected chi connectivity index (χ0v) is 20.5. The molecule has 0 aliphatic heterocycles. The monoisotopic (exact) mass is 676 g/mol. The van der Waals surface area contributed by atoms with Gasteiger partial charge in [0.2, 0.25) is 0 Å². The highest BCUT2D eigenvalue weighted by atomic mass is 79.9. The number of rotatable bonds is 5. The lowest BCUT2D eigenvalue weighted by Crippen LogP contribution is -2.24. The first-order chi connectivity index (χ1) is 12.2. The van der Waals surface area contributed by atoms with E-state index >= 15 is 0 Å². The van der Waals surface area contributed by atoms with Gasteiger partial charge in [0.1, 0.15) is 21.7 Å². The zero-order valence-electron chi connectivity index (χ0n) is 12.6. The van der Waals surface area contributed by atoms with Gasteiger partial charge in [-0.05, 0) is 81.9 Å². The van der Waals surface area contributed by atoms with Gasteiger partial charge in [0, 0.05) is 10.0 Å². The van der Waals surface area contributed by atoms with Crippen LogP contribution in [0.1, 0.15) is 5.56 Å². The third-order valence-electron chi connectivity index (χ3n) is 2.90. The minimum Gasteiger partial charge on any atom is -0.506 e. The van der Waals surface area contributed by atoms with Crippen LogP contribution in [0.5, 0.6) is 17.2 Å². The first-order valence-corrected chi connectivity index (χ1v) is 10.7. The Morgan fingerprint density at radius 2 is 1.65 bits per heavy atom.